The summed E-state index contributed by atoms with van der Waals surface area (Å²) in [5.41, 5.74) is 0.277. The molecule has 5 heteroatoms. The summed E-state index contributed by atoms with van der Waals surface area (Å²) in [6.45, 7) is 1.95. The fraction of sp³-hybridized carbons (Fsp3) is 0.300. The van der Waals surface area contributed by atoms with Crippen molar-refractivity contribution in [2.24, 2.45) is 5.90 Å². The van der Waals surface area contributed by atoms with Crippen molar-refractivity contribution in [3.05, 3.63) is 35.6 Å². The van der Waals surface area contributed by atoms with Gasteiger partial charge in [-0.2, -0.15) is 0 Å². The second-order valence-corrected chi connectivity index (χ2v) is 3.22. The van der Waals surface area contributed by atoms with Gasteiger partial charge in [-0.05, 0) is 25.1 Å². The lowest BCUT2D eigenvalue weighted by Gasteiger charge is -2.12. The number of carbonyl (C=O) groups excluding carboxylic acids is 1. The Morgan fingerprint density at radius 3 is 3.00 bits per heavy atom. The second kappa shape index (κ2) is 5.43. The SMILES string of the molecule is CC(CON)NC(=O)c1cccc(F)c1. The molecule has 0 aromatic heterocycles. The lowest BCUT2D eigenvalue weighted by Crippen LogP contribution is -2.36. The molecule has 0 spiro atoms. The van der Waals surface area contributed by atoms with Gasteiger partial charge in [0.1, 0.15) is 5.82 Å². The smallest absolute Gasteiger partial charge is 0.251 e. The van der Waals surface area contributed by atoms with Gasteiger partial charge < -0.3 is 10.2 Å². The van der Waals surface area contributed by atoms with E-state index in [0.717, 1.165) is 0 Å². The van der Waals surface area contributed by atoms with Crippen LogP contribution in [0, 0.1) is 5.82 Å². The summed E-state index contributed by atoms with van der Waals surface area (Å²) in [6.07, 6.45) is 0. The van der Waals surface area contributed by atoms with Crippen LogP contribution in [0.1, 0.15) is 17.3 Å². The highest BCUT2D eigenvalue weighted by Gasteiger charge is 2.09. The molecule has 0 aliphatic rings. The van der Waals surface area contributed by atoms with Crippen LogP contribution in [0.2, 0.25) is 0 Å². The quantitative estimate of drug-likeness (QED) is 0.727. The minimum atomic E-state index is -0.439. The first-order valence-electron chi connectivity index (χ1n) is 4.51. The lowest BCUT2D eigenvalue weighted by molar-refractivity contribution is 0.0857. The highest BCUT2D eigenvalue weighted by molar-refractivity contribution is 5.94. The van der Waals surface area contributed by atoms with Crippen LogP contribution in [0.5, 0.6) is 0 Å². The van der Waals surface area contributed by atoms with Crippen molar-refractivity contribution >= 4 is 5.91 Å². The van der Waals surface area contributed by atoms with Crippen LogP contribution in [-0.4, -0.2) is 18.6 Å². The number of nitrogens with one attached hydrogen (secondary N) is 1. The topological polar surface area (TPSA) is 64.3 Å². The van der Waals surface area contributed by atoms with Crippen LogP contribution in [0.4, 0.5) is 4.39 Å². The molecule has 82 valence electrons. The zero-order valence-electron chi connectivity index (χ0n) is 8.37. The zero-order chi connectivity index (χ0) is 11.3. The van der Waals surface area contributed by atoms with Crippen molar-refractivity contribution in [2.75, 3.05) is 6.61 Å². The lowest BCUT2D eigenvalue weighted by atomic mass is 10.2. The third-order valence-electron chi connectivity index (χ3n) is 1.81. The van der Waals surface area contributed by atoms with Gasteiger partial charge in [0.25, 0.3) is 5.91 Å². The third kappa shape index (κ3) is 3.65. The summed E-state index contributed by atoms with van der Waals surface area (Å²) in [5.74, 6) is 4.07. The molecular formula is C10H13FN2O2. The van der Waals surface area contributed by atoms with Crippen molar-refractivity contribution < 1.29 is 14.0 Å². The average molecular weight is 212 g/mol. The molecule has 4 nitrogen and oxygen atoms in total. The maximum Gasteiger partial charge on any atom is 0.251 e. The predicted molar refractivity (Wildman–Crippen MR) is 53.5 cm³/mol. The molecule has 0 aliphatic heterocycles. The molecule has 0 heterocycles. The highest BCUT2D eigenvalue weighted by Crippen LogP contribution is 2.03. The van der Waals surface area contributed by atoms with Crippen LogP contribution < -0.4 is 11.2 Å². The molecule has 1 aromatic carbocycles. The van der Waals surface area contributed by atoms with Crippen molar-refractivity contribution in [1.82, 2.24) is 5.32 Å². The summed E-state index contributed by atoms with van der Waals surface area (Å²) in [5, 5.41) is 2.61. The van der Waals surface area contributed by atoms with E-state index in [1.54, 1.807) is 6.92 Å². The number of benzene rings is 1. The molecule has 1 rings (SSSR count). The van der Waals surface area contributed by atoms with Crippen LogP contribution >= 0.6 is 0 Å². The molecule has 0 radical (unpaired) electrons. The second-order valence-electron chi connectivity index (χ2n) is 3.22. The molecule has 0 fully saturated rings. The van der Waals surface area contributed by atoms with Gasteiger partial charge in [-0.1, -0.05) is 6.07 Å². The van der Waals surface area contributed by atoms with E-state index in [2.05, 4.69) is 10.2 Å². The first kappa shape index (κ1) is 11.6. The van der Waals surface area contributed by atoms with Gasteiger partial charge in [0.2, 0.25) is 0 Å². The molecule has 1 unspecified atom stereocenters. The maximum absolute atomic E-state index is 12.8. The van der Waals surface area contributed by atoms with Gasteiger partial charge in [-0.3, -0.25) is 4.79 Å². The van der Waals surface area contributed by atoms with Gasteiger partial charge in [0.15, 0.2) is 0 Å². The van der Waals surface area contributed by atoms with Crippen LogP contribution in [-0.2, 0) is 4.84 Å². The normalized spacial score (nSPS) is 12.2. The Balaban J connectivity index is 2.61. The minimum absolute atomic E-state index is 0.209. The summed E-state index contributed by atoms with van der Waals surface area (Å²) in [6, 6.07) is 5.25. The Morgan fingerprint density at radius 1 is 1.67 bits per heavy atom. The number of amides is 1. The standard InChI is InChI=1S/C10H13FN2O2/c1-7(6-15-12)13-10(14)8-3-2-4-9(11)5-8/h2-5,7H,6,12H2,1H3,(H,13,14). The first-order chi connectivity index (χ1) is 7.13. The summed E-state index contributed by atoms with van der Waals surface area (Å²) >= 11 is 0. The molecule has 1 amide bonds. The van der Waals surface area contributed by atoms with E-state index in [0.29, 0.717) is 0 Å². The minimum Gasteiger partial charge on any atom is -0.347 e. The molecule has 0 aliphatic carbocycles. The van der Waals surface area contributed by atoms with E-state index in [1.165, 1.54) is 24.3 Å². The van der Waals surface area contributed by atoms with Crippen molar-refractivity contribution in [3.8, 4) is 0 Å². The number of carbonyl (C=O) groups is 1. The number of hydrogen-bond acceptors (Lipinski definition) is 3. The van der Waals surface area contributed by atoms with E-state index in [1.807, 2.05) is 0 Å². The number of halogens is 1. The third-order valence-corrected chi connectivity index (χ3v) is 1.81. The van der Waals surface area contributed by atoms with E-state index < -0.39 is 5.82 Å². The van der Waals surface area contributed by atoms with Gasteiger partial charge in [-0.15, -0.1) is 0 Å². The predicted octanol–water partition coefficient (Wildman–Crippen LogP) is 0.834. The molecule has 1 aromatic rings. The van der Waals surface area contributed by atoms with Crippen molar-refractivity contribution in [3.63, 3.8) is 0 Å². The van der Waals surface area contributed by atoms with Gasteiger partial charge in [0, 0.05) is 5.56 Å². The van der Waals surface area contributed by atoms with Gasteiger partial charge in [0.05, 0.1) is 12.6 Å². The van der Waals surface area contributed by atoms with Crippen LogP contribution in [0.15, 0.2) is 24.3 Å². The highest BCUT2D eigenvalue weighted by atomic mass is 19.1. The van der Waals surface area contributed by atoms with Gasteiger partial charge >= 0.3 is 0 Å². The van der Waals surface area contributed by atoms with Crippen molar-refractivity contribution in [2.45, 2.75) is 13.0 Å². The summed E-state index contributed by atoms with van der Waals surface area (Å²) in [4.78, 5) is 15.9. The monoisotopic (exact) mass is 212 g/mol. The number of hydrogen-bond donors (Lipinski definition) is 2. The average Bonchev–Trinajstić information content (AvgIpc) is 2.18. The largest absolute Gasteiger partial charge is 0.347 e. The Bertz CT molecular complexity index is 344. The zero-order valence-corrected chi connectivity index (χ0v) is 8.37. The Kier molecular flexibility index (Phi) is 4.20. The summed E-state index contributed by atoms with van der Waals surface area (Å²) < 4.78 is 12.8. The van der Waals surface area contributed by atoms with E-state index in [-0.39, 0.29) is 24.1 Å². The van der Waals surface area contributed by atoms with E-state index >= 15 is 0 Å². The molecule has 0 saturated carbocycles. The number of nitrogens with two attached hydrogens (primary N) is 1. The van der Waals surface area contributed by atoms with Gasteiger partial charge in [-0.25, -0.2) is 10.3 Å². The Morgan fingerprint density at radius 2 is 2.40 bits per heavy atom. The molecule has 0 bridgehead atoms. The molecule has 15 heavy (non-hydrogen) atoms. The Hall–Kier alpha value is -1.46. The maximum atomic E-state index is 12.8. The Labute approximate surface area is 87.2 Å². The van der Waals surface area contributed by atoms with Crippen molar-refractivity contribution in [1.29, 1.82) is 0 Å². The number of rotatable bonds is 4. The van der Waals surface area contributed by atoms with E-state index in [4.69, 9.17) is 5.90 Å². The van der Waals surface area contributed by atoms with Crippen LogP contribution in [0.3, 0.4) is 0 Å². The van der Waals surface area contributed by atoms with E-state index in [9.17, 15) is 9.18 Å². The molecular weight excluding hydrogens is 199 g/mol. The molecule has 0 saturated heterocycles. The molecule has 1 atom stereocenters. The fourth-order valence-electron chi connectivity index (χ4n) is 1.12. The fourth-order valence-corrected chi connectivity index (χ4v) is 1.12. The first-order valence-corrected chi connectivity index (χ1v) is 4.51. The molecule has 3 N–H and O–H groups in total. The van der Waals surface area contributed by atoms with Crippen LogP contribution in [0.25, 0.3) is 0 Å². The summed E-state index contributed by atoms with van der Waals surface area (Å²) in [7, 11) is 0.